The largest absolute Gasteiger partial charge is 0.478 e. The molecule has 1 unspecified atom stereocenters. The van der Waals surface area contributed by atoms with Crippen molar-refractivity contribution in [2.75, 3.05) is 13.1 Å². The van der Waals surface area contributed by atoms with Crippen LogP contribution < -0.4 is 11.1 Å². The third kappa shape index (κ3) is 6.90. The van der Waals surface area contributed by atoms with Crippen LogP contribution >= 0.6 is 0 Å². The molecule has 1 amide bonds. The molecule has 0 saturated carbocycles. The van der Waals surface area contributed by atoms with Crippen molar-refractivity contribution in [1.82, 2.24) is 5.32 Å². The van der Waals surface area contributed by atoms with E-state index in [4.69, 9.17) is 10.8 Å². The summed E-state index contributed by atoms with van der Waals surface area (Å²) in [5, 5.41) is 11.7. The minimum Gasteiger partial charge on any atom is -0.478 e. The maximum atomic E-state index is 11.7. The Balaban J connectivity index is 2.23. The molecule has 116 valence electrons. The number of carbonyl (C=O) groups excluding carboxylic acids is 1. The molecule has 0 aromatic heterocycles. The van der Waals surface area contributed by atoms with E-state index in [9.17, 15) is 9.59 Å². The maximum absolute atomic E-state index is 11.7. The first kappa shape index (κ1) is 17.2. The van der Waals surface area contributed by atoms with Gasteiger partial charge < -0.3 is 16.2 Å². The summed E-state index contributed by atoms with van der Waals surface area (Å²) in [5.41, 5.74) is 6.76. The lowest BCUT2D eigenvalue weighted by atomic mass is 10.0. The van der Waals surface area contributed by atoms with Crippen LogP contribution in [-0.2, 0) is 11.2 Å². The van der Waals surface area contributed by atoms with Crippen molar-refractivity contribution in [3.63, 3.8) is 0 Å². The number of amides is 1. The lowest BCUT2D eigenvalue weighted by Crippen LogP contribution is -2.26. The summed E-state index contributed by atoms with van der Waals surface area (Å²) in [6.07, 6.45) is 3.03. The molecule has 0 heterocycles. The Kier molecular flexibility index (Phi) is 7.46. The van der Waals surface area contributed by atoms with Gasteiger partial charge in [-0.15, -0.1) is 0 Å². The van der Waals surface area contributed by atoms with Gasteiger partial charge >= 0.3 is 5.97 Å². The fraction of sp³-hybridized carbons (Fsp3) is 0.500. The van der Waals surface area contributed by atoms with Crippen LogP contribution in [0.25, 0.3) is 0 Å². The minimum atomic E-state index is -0.929. The summed E-state index contributed by atoms with van der Waals surface area (Å²) in [6, 6.07) is 6.71. The number of hydrogen-bond acceptors (Lipinski definition) is 3. The second-order valence-electron chi connectivity index (χ2n) is 5.32. The van der Waals surface area contributed by atoms with Gasteiger partial charge in [-0.25, -0.2) is 4.79 Å². The summed E-state index contributed by atoms with van der Waals surface area (Å²) < 4.78 is 0. The zero-order valence-corrected chi connectivity index (χ0v) is 12.5. The Labute approximate surface area is 125 Å². The van der Waals surface area contributed by atoms with Crippen molar-refractivity contribution in [2.24, 2.45) is 11.7 Å². The Morgan fingerprint density at radius 1 is 1.24 bits per heavy atom. The molecule has 5 heteroatoms. The van der Waals surface area contributed by atoms with Crippen molar-refractivity contribution in [3.05, 3.63) is 35.4 Å². The summed E-state index contributed by atoms with van der Waals surface area (Å²) in [7, 11) is 0. The molecule has 1 atom stereocenters. The zero-order chi connectivity index (χ0) is 15.7. The average Bonchev–Trinajstić information content (AvgIpc) is 2.46. The number of carboxylic acids is 1. The standard InChI is InChI=1S/C16H24N2O3/c1-12(8-10-17)2-7-15(19)18-11-9-13-3-5-14(6-4-13)16(20)21/h3-6,12H,2,7-11,17H2,1H3,(H,18,19)(H,20,21). The van der Waals surface area contributed by atoms with Gasteiger partial charge in [0.15, 0.2) is 0 Å². The molecule has 4 N–H and O–H groups in total. The predicted octanol–water partition coefficient (Wildman–Crippen LogP) is 1.81. The quantitative estimate of drug-likeness (QED) is 0.647. The van der Waals surface area contributed by atoms with Crippen molar-refractivity contribution < 1.29 is 14.7 Å². The van der Waals surface area contributed by atoms with Gasteiger partial charge in [-0.1, -0.05) is 19.1 Å². The highest BCUT2D eigenvalue weighted by Gasteiger charge is 2.06. The predicted molar refractivity (Wildman–Crippen MR) is 82.2 cm³/mol. The molecule has 0 aliphatic carbocycles. The van der Waals surface area contributed by atoms with E-state index < -0.39 is 5.97 Å². The van der Waals surface area contributed by atoms with Crippen molar-refractivity contribution in [3.8, 4) is 0 Å². The molecule has 21 heavy (non-hydrogen) atoms. The topological polar surface area (TPSA) is 92.4 Å². The van der Waals surface area contributed by atoms with Gasteiger partial charge in [-0.05, 0) is 49.4 Å². The molecule has 0 fully saturated rings. The van der Waals surface area contributed by atoms with Crippen LogP contribution in [0.5, 0.6) is 0 Å². The molecule has 1 aromatic rings. The number of carboxylic acid groups (broad SMARTS) is 1. The Morgan fingerprint density at radius 3 is 2.48 bits per heavy atom. The molecule has 1 rings (SSSR count). The zero-order valence-electron chi connectivity index (χ0n) is 12.5. The molecular weight excluding hydrogens is 268 g/mol. The smallest absolute Gasteiger partial charge is 0.335 e. The first-order valence-electron chi connectivity index (χ1n) is 7.32. The van der Waals surface area contributed by atoms with E-state index in [0.29, 0.717) is 31.8 Å². The second kappa shape index (κ2) is 9.13. The third-order valence-electron chi connectivity index (χ3n) is 3.46. The van der Waals surface area contributed by atoms with Gasteiger partial charge in [0.1, 0.15) is 0 Å². The monoisotopic (exact) mass is 292 g/mol. The van der Waals surface area contributed by atoms with Gasteiger partial charge in [0.25, 0.3) is 0 Å². The van der Waals surface area contributed by atoms with E-state index in [-0.39, 0.29) is 11.5 Å². The highest BCUT2D eigenvalue weighted by atomic mass is 16.4. The molecule has 0 aliphatic rings. The van der Waals surface area contributed by atoms with Crippen LogP contribution in [0.1, 0.15) is 42.1 Å². The van der Waals surface area contributed by atoms with E-state index >= 15 is 0 Å². The maximum Gasteiger partial charge on any atom is 0.335 e. The number of benzene rings is 1. The van der Waals surface area contributed by atoms with Crippen LogP contribution in [0, 0.1) is 5.92 Å². The van der Waals surface area contributed by atoms with Crippen LogP contribution in [0.4, 0.5) is 0 Å². The fourth-order valence-electron chi connectivity index (χ4n) is 2.05. The fourth-order valence-corrected chi connectivity index (χ4v) is 2.05. The van der Waals surface area contributed by atoms with Gasteiger partial charge in [0.2, 0.25) is 5.91 Å². The molecule has 0 bridgehead atoms. The summed E-state index contributed by atoms with van der Waals surface area (Å²) in [5.74, 6) is -0.396. The molecule has 0 radical (unpaired) electrons. The van der Waals surface area contributed by atoms with Gasteiger partial charge in [0, 0.05) is 13.0 Å². The van der Waals surface area contributed by atoms with Gasteiger partial charge in [0.05, 0.1) is 5.56 Å². The summed E-state index contributed by atoms with van der Waals surface area (Å²) in [4.78, 5) is 22.4. The molecule has 1 aromatic carbocycles. The second-order valence-corrected chi connectivity index (χ2v) is 5.32. The minimum absolute atomic E-state index is 0.0565. The Morgan fingerprint density at radius 2 is 1.90 bits per heavy atom. The van der Waals surface area contributed by atoms with E-state index in [1.807, 2.05) is 0 Å². The van der Waals surface area contributed by atoms with Crippen LogP contribution in [0.3, 0.4) is 0 Å². The van der Waals surface area contributed by atoms with Crippen LogP contribution in [0.15, 0.2) is 24.3 Å². The van der Waals surface area contributed by atoms with E-state index in [1.54, 1.807) is 24.3 Å². The lowest BCUT2D eigenvalue weighted by Gasteiger charge is -2.10. The SMILES string of the molecule is CC(CCN)CCC(=O)NCCc1ccc(C(=O)O)cc1. The van der Waals surface area contributed by atoms with Gasteiger partial charge in [-0.2, -0.15) is 0 Å². The first-order valence-corrected chi connectivity index (χ1v) is 7.32. The number of nitrogens with two attached hydrogens (primary N) is 1. The highest BCUT2D eigenvalue weighted by Crippen LogP contribution is 2.09. The Bertz CT molecular complexity index is 457. The Hall–Kier alpha value is -1.88. The average molecular weight is 292 g/mol. The molecule has 5 nitrogen and oxygen atoms in total. The number of rotatable bonds is 9. The van der Waals surface area contributed by atoms with Crippen molar-refractivity contribution >= 4 is 11.9 Å². The summed E-state index contributed by atoms with van der Waals surface area (Å²) in [6.45, 7) is 3.33. The summed E-state index contributed by atoms with van der Waals surface area (Å²) >= 11 is 0. The number of aromatic carboxylic acids is 1. The highest BCUT2D eigenvalue weighted by molar-refractivity contribution is 5.87. The first-order chi connectivity index (χ1) is 10.0. The van der Waals surface area contributed by atoms with Crippen LogP contribution in [-0.4, -0.2) is 30.1 Å². The normalized spacial score (nSPS) is 11.9. The molecular formula is C16H24N2O3. The van der Waals surface area contributed by atoms with Crippen LogP contribution in [0.2, 0.25) is 0 Å². The molecule has 0 aliphatic heterocycles. The van der Waals surface area contributed by atoms with E-state index in [0.717, 1.165) is 18.4 Å². The molecule has 0 saturated heterocycles. The third-order valence-corrected chi connectivity index (χ3v) is 3.46. The van der Waals surface area contributed by atoms with Crippen molar-refractivity contribution in [2.45, 2.75) is 32.6 Å². The van der Waals surface area contributed by atoms with E-state index in [2.05, 4.69) is 12.2 Å². The number of carbonyl (C=O) groups is 2. The number of nitrogens with one attached hydrogen (secondary N) is 1. The van der Waals surface area contributed by atoms with Crippen molar-refractivity contribution in [1.29, 1.82) is 0 Å². The van der Waals surface area contributed by atoms with Gasteiger partial charge in [-0.3, -0.25) is 4.79 Å². The molecule has 0 spiro atoms. The lowest BCUT2D eigenvalue weighted by molar-refractivity contribution is -0.121. The van der Waals surface area contributed by atoms with E-state index in [1.165, 1.54) is 0 Å². The number of hydrogen-bond donors (Lipinski definition) is 3.